The van der Waals surface area contributed by atoms with E-state index < -0.39 is 4.92 Å². The zero-order valence-corrected chi connectivity index (χ0v) is 17.8. The summed E-state index contributed by atoms with van der Waals surface area (Å²) in [6.07, 6.45) is 4.86. The molecule has 8 nitrogen and oxygen atoms in total. The summed E-state index contributed by atoms with van der Waals surface area (Å²) in [4.78, 5) is 12.6. The minimum atomic E-state index is -0.447. The molecular formula is C20H27N5O3S. The first-order chi connectivity index (χ1) is 13.8. The Morgan fingerprint density at radius 1 is 1.38 bits per heavy atom. The number of thiocarbonyl (C=S) groups is 1. The summed E-state index contributed by atoms with van der Waals surface area (Å²) < 4.78 is 5.77. The van der Waals surface area contributed by atoms with Crippen LogP contribution in [0.25, 0.3) is 11.5 Å². The van der Waals surface area contributed by atoms with Crippen molar-refractivity contribution in [3.8, 4) is 11.5 Å². The Morgan fingerprint density at radius 2 is 2.14 bits per heavy atom. The molecule has 0 bridgehead atoms. The lowest BCUT2D eigenvalue weighted by atomic mass is 9.86. The fourth-order valence-electron chi connectivity index (χ4n) is 3.59. The van der Waals surface area contributed by atoms with Crippen molar-refractivity contribution in [2.24, 2.45) is 5.92 Å². The van der Waals surface area contributed by atoms with Crippen LogP contribution in [-0.2, 0) is 6.54 Å². The molecule has 3 rings (SSSR count). The Balaban J connectivity index is 1.70. The van der Waals surface area contributed by atoms with Crippen molar-refractivity contribution in [1.29, 1.82) is 0 Å². The third kappa shape index (κ3) is 5.29. The number of nitrogens with one attached hydrogen (secondary N) is 1. The summed E-state index contributed by atoms with van der Waals surface area (Å²) in [6, 6.07) is 6.71. The van der Waals surface area contributed by atoms with Crippen LogP contribution >= 0.6 is 12.2 Å². The lowest BCUT2D eigenvalue weighted by molar-refractivity contribution is -0.384. The molecule has 1 heterocycles. The minimum absolute atomic E-state index is 0.0157. The molecule has 9 heteroatoms. The van der Waals surface area contributed by atoms with Gasteiger partial charge < -0.3 is 14.6 Å². The van der Waals surface area contributed by atoms with E-state index in [1.165, 1.54) is 31.4 Å². The van der Waals surface area contributed by atoms with Crippen molar-refractivity contribution in [2.75, 3.05) is 0 Å². The van der Waals surface area contributed by atoms with Crippen LogP contribution in [-0.4, -0.2) is 37.2 Å². The number of non-ortho nitro benzene ring substituents is 1. The van der Waals surface area contributed by atoms with Crippen LogP contribution < -0.4 is 5.32 Å². The topological polar surface area (TPSA) is 97.3 Å². The van der Waals surface area contributed by atoms with Gasteiger partial charge in [0.25, 0.3) is 5.69 Å². The molecule has 2 atom stereocenters. The average molecular weight is 418 g/mol. The molecule has 1 saturated carbocycles. The zero-order valence-electron chi connectivity index (χ0n) is 17.0. The summed E-state index contributed by atoms with van der Waals surface area (Å²) in [5.74, 6) is 1.27. The van der Waals surface area contributed by atoms with Crippen LogP contribution in [0.5, 0.6) is 0 Å². The fourth-order valence-corrected chi connectivity index (χ4v) is 4.02. The molecule has 0 amide bonds. The van der Waals surface area contributed by atoms with E-state index in [-0.39, 0.29) is 17.6 Å². The second-order valence-electron chi connectivity index (χ2n) is 7.85. The predicted molar refractivity (Wildman–Crippen MR) is 114 cm³/mol. The second kappa shape index (κ2) is 9.30. The van der Waals surface area contributed by atoms with Crippen LogP contribution in [0.3, 0.4) is 0 Å². The highest BCUT2D eigenvalue weighted by molar-refractivity contribution is 7.80. The number of rotatable bonds is 6. The molecule has 1 N–H and O–H groups in total. The summed E-state index contributed by atoms with van der Waals surface area (Å²) in [5.41, 5.74) is 0.504. The number of nitro groups is 1. The van der Waals surface area contributed by atoms with Crippen molar-refractivity contribution >= 4 is 23.0 Å². The number of hydrogen-bond acceptors (Lipinski definition) is 6. The zero-order chi connectivity index (χ0) is 21.0. The molecular weight excluding hydrogens is 390 g/mol. The molecule has 0 radical (unpaired) electrons. The van der Waals surface area contributed by atoms with Gasteiger partial charge in [0.1, 0.15) is 0 Å². The minimum Gasteiger partial charge on any atom is -0.419 e. The number of aromatic nitrogens is 2. The lowest BCUT2D eigenvalue weighted by Crippen LogP contribution is -2.49. The molecule has 1 aliphatic rings. The van der Waals surface area contributed by atoms with Gasteiger partial charge in [-0.2, -0.15) is 0 Å². The van der Waals surface area contributed by atoms with E-state index in [1.807, 2.05) is 4.90 Å². The number of hydrogen-bond donors (Lipinski definition) is 1. The van der Waals surface area contributed by atoms with Gasteiger partial charge in [0.2, 0.25) is 11.8 Å². The summed E-state index contributed by atoms with van der Waals surface area (Å²) >= 11 is 5.68. The standard InChI is InChI=1S/C20H27N5O3S/c1-13(2)24(20(29)21-17-10-5-4-7-14(17)3)12-18-22-23-19(28-18)15-8-6-9-16(11-15)25(26)27/h6,8-9,11,13-14,17H,4-5,7,10,12H2,1-3H3,(H,21,29)/t14-,17+/m0/s1. The maximum absolute atomic E-state index is 11.0. The van der Waals surface area contributed by atoms with Gasteiger partial charge in [-0.25, -0.2) is 0 Å². The van der Waals surface area contributed by atoms with Gasteiger partial charge in [-0.15, -0.1) is 10.2 Å². The van der Waals surface area contributed by atoms with Gasteiger partial charge in [0.15, 0.2) is 5.11 Å². The van der Waals surface area contributed by atoms with Gasteiger partial charge in [0, 0.05) is 29.8 Å². The van der Waals surface area contributed by atoms with E-state index in [2.05, 4.69) is 36.3 Å². The van der Waals surface area contributed by atoms with Gasteiger partial charge in [-0.1, -0.05) is 25.8 Å². The second-order valence-corrected chi connectivity index (χ2v) is 8.23. The highest BCUT2D eigenvalue weighted by Gasteiger charge is 2.25. The third-order valence-corrected chi connectivity index (χ3v) is 5.73. The number of nitro benzene ring substituents is 1. The highest BCUT2D eigenvalue weighted by Crippen LogP contribution is 2.25. The largest absolute Gasteiger partial charge is 0.419 e. The van der Waals surface area contributed by atoms with Gasteiger partial charge in [-0.05, 0) is 50.9 Å². The molecule has 156 valence electrons. The Bertz CT molecular complexity index is 869. The van der Waals surface area contributed by atoms with E-state index in [0.29, 0.717) is 35.1 Å². The van der Waals surface area contributed by atoms with Crippen molar-refractivity contribution < 1.29 is 9.34 Å². The first-order valence-electron chi connectivity index (χ1n) is 9.99. The SMILES string of the molecule is CC(C)N(Cc1nnc(-c2cccc([N+](=O)[O-])c2)o1)C(=S)N[C@@H]1CCCC[C@@H]1C. The van der Waals surface area contributed by atoms with E-state index >= 15 is 0 Å². The highest BCUT2D eigenvalue weighted by atomic mass is 32.1. The molecule has 29 heavy (non-hydrogen) atoms. The van der Waals surface area contributed by atoms with Crippen molar-refractivity contribution in [3.63, 3.8) is 0 Å². The molecule has 0 saturated heterocycles. The molecule has 2 aromatic rings. The summed E-state index contributed by atoms with van der Waals surface area (Å²) in [5, 5.41) is 23.4. The number of benzene rings is 1. The van der Waals surface area contributed by atoms with Crippen LogP contribution in [0, 0.1) is 16.0 Å². The Kier molecular flexibility index (Phi) is 6.79. The maximum atomic E-state index is 11.0. The predicted octanol–water partition coefficient (Wildman–Crippen LogP) is 4.31. The molecule has 0 spiro atoms. The van der Waals surface area contributed by atoms with E-state index in [9.17, 15) is 10.1 Å². The molecule has 1 aromatic carbocycles. The van der Waals surface area contributed by atoms with E-state index in [1.54, 1.807) is 12.1 Å². The van der Waals surface area contributed by atoms with Crippen LogP contribution in [0.15, 0.2) is 28.7 Å². The van der Waals surface area contributed by atoms with Gasteiger partial charge in [0.05, 0.1) is 11.5 Å². The molecule has 0 aliphatic heterocycles. The van der Waals surface area contributed by atoms with Crippen molar-refractivity contribution in [1.82, 2.24) is 20.4 Å². The molecule has 1 fully saturated rings. The Hall–Kier alpha value is -2.55. The number of nitrogens with zero attached hydrogens (tertiary/aromatic N) is 4. The normalized spacial score (nSPS) is 19.2. The summed E-state index contributed by atoms with van der Waals surface area (Å²) in [6.45, 7) is 6.78. The smallest absolute Gasteiger partial charge is 0.270 e. The quantitative estimate of drug-likeness (QED) is 0.422. The Labute approximate surface area is 175 Å². The molecule has 0 unspecified atom stereocenters. The molecule has 1 aliphatic carbocycles. The van der Waals surface area contributed by atoms with Crippen molar-refractivity contribution in [3.05, 3.63) is 40.3 Å². The monoisotopic (exact) mass is 417 g/mol. The van der Waals surface area contributed by atoms with Crippen LogP contribution in [0.4, 0.5) is 5.69 Å². The van der Waals surface area contributed by atoms with E-state index in [0.717, 1.165) is 6.42 Å². The van der Waals surface area contributed by atoms with Crippen LogP contribution in [0.2, 0.25) is 0 Å². The van der Waals surface area contributed by atoms with Crippen LogP contribution in [0.1, 0.15) is 52.3 Å². The molecule has 1 aromatic heterocycles. The third-order valence-electron chi connectivity index (χ3n) is 5.38. The van der Waals surface area contributed by atoms with Crippen molar-refractivity contribution in [2.45, 2.75) is 65.1 Å². The first kappa shape index (κ1) is 21.2. The van der Waals surface area contributed by atoms with Gasteiger partial charge in [-0.3, -0.25) is 10.1 Å². The fraction of sp³-hybridized carbons (Fsp3) is 0.550. The Morgan fingerprint density at radius 3 is 2.83 bits per heavy atom. The maximum Gasteiger partial charge on any atom is 0.270 e. The lowest BCUT2D eigenvalue weighted by Gasteiger charge is -2.35. The van der Waals surface area contributed by atoms with Gasteiger partial charge >= 0.3 is 0 Å². The summed E-state index contributed by atoms with van der Waals surface area (Å²) in [7, 11) is 0. The average Bonchev–Trinajstić information content (AvgIpc) is 3.16. The van der Waals surface area contributed by atoms with E-state index in [4.69, 9.17) is 16.6 Å². The first-order valence-corrected chi connectivity index (χ1v) is 10.4.